The van der Waals surface area contributed by atoms with E-state index in [2.05, 4.69) is 0 Å². The summed E-state index contributed by atoms with van der Waals surface area (Å²) in [5.74, 6) is 0. The number of carbonyl (C=O) groups excluding carboxylic acids is 1. The van der Waals surface area contributed by atoms with Gasteiger partial charge in [0.05, 0.1) is 12.1 Å². The van der Waals surface area contributed by atoms with E-state index in [4.69, 9.17) is 4.74 Å². The predicted octanol–water partition coefficient (Wildman–Crippen LogP) is 3.04. The molecule has 2 aromatic rings. The molecule has 96 valence electrons. The Hall–Kier alpha value is -1.75. The maximum Gasteiger partial charge on any atom is 0.265 e. The number of aldehydes is 1. The highest BCUT2D eigenvalue weighted by atomic mass is 19.3. The largest absolute Gasteiger partial charge is 0.383 e. The normalized spacial score (nSPS) is 11.3. The van der Waals surface area contributed by atoms with Crippen LogP contribution in [0.15, 0.2) is 24.4 Å². The molecular formula is C13H13F2NO2. The van der Waals surface area contributed by atoms with Gasteiger partial charge in [-0.25, -0.2) is 8.78 Å². The van der Waals surface area contributed by atoms with Crippen molar-refractivity contribution in [3.05, 3.63) is 35.5 Å². The van der Waals surface area contributed by atoms with E-state index < -0.39 is 6.43 Å². The van der Waals surface area contributed by atoms with Crippen LogP contribution in [0.4, 0.5) is 8.78 Å². The van der Waals surface area contributed by atoms with Crippen LogP contribution < -0.4 is 0 Å². The van der Waals surface area contributed by atoms with E-state index in [1.807, 2.05) is 0 Å². The number of fused-ring (bicyclic) bond motifs is 1. The highest BCUT2D eigenvalue weighted by molar-refractivity contribution is 5.99. The fraction of sp³-hybridized carbons (Fsp3) is 0.308. The molecule has 0 spiro atoms. The molecule has 0 bridgehead atoms. The van der Waals surface area contributed by atoms with Crippen molar-refractivity contribution in [2.45, 2.75) is 13.0 Å². The van der Waals surface area contributed by atoms with Crippen molar-refractivity contribution in [3.8, 4) is 0 Å². The van der Waals surface area contributed by atoms with E-state index in [1.165, 1.54) is 12.1 Å². The van der Waals surface area contributed by atoms with Crippen molar-refractivity contribution in [3.63, 3.8) is 0 Å². The summed E-state index contributed by atoms with van der Waals surface area (Å²) in [5.41, 5.74) is 0.770. The highest BCUT2D eigenvalue weighted by Gasteiger charge is 2.17. The number of aromatic nitrogens is 1. The summed E-state index contributed by atoms with van der Waals surface area (Å²) in [6, 6.07) is 4.59. The molecule has 0 N–H and O–H groups in total. The van der Waals surface area contributed by atoms with Crippen molar-refractivity contribution in [2.24, 2.45) is 0 Å². The van der Waals surface area contributed by atoms with Crippen molar-refractivity contribution in [1.82, 2.24) is 4.57 Å². The van der Waals surface area contributed by atoms with Crippen LogP contribution in [-0.2, 0) is 11.3 Å². The van der Waals surface area contributed by atoms with Crippen molar-refractivity contribution in [1.29, 1.82) is 0 Å². The molecule has 0 unspecified atom stereocenters. The number of benzene rings is 1. The fourth-order valence-corrected chi connectivity index (χ4v) is 2.05. The van der Waals surface area contributed by atoms with E-state index in [0.717, 1.165) is 0 Å². The third-order valence-electron chi connectivity index (χ3n) is 2.86. The van der Waals surface area contributed by atoms with Crippen molar-refractivity contribution >= 4 is 17.2 Å². The molecule has 1 aromatic carbocycles. The average Bonchev–Trinajstić information content (AvgIpc) is 2.74. The van der Waals surface area contributed by atoms with Crippen LogP contribution in [0, 0.1) is 0 Å². The van der Waals surface area contributed by atoms with Gasteiger partial charge in [-0.2, -0.15) is 0 Å². The van der Waals surface area contributed by atoms with E-state index in [1.54, 1.807) is 23.9 Å². The molecule has 18 heavy (non-hydrogen) atoms. The van der Waals surface area contributed by atoms with Crippen LogP contribution in [0.3, 0.4) is 0 Å². The molecule has 1 heterocycles. The number of hydrogen-bond acceptors (Lipinski definition) is 2. The molecule has 0 saturated heterocycles. The standard InChI is InChI=1S/C13H13F2NO2/c1-18-6-5-16-7-9(8-17)10-3-2-4-11(12(10)16)13(14)15/h2-4,7-8,13H,5-6H2,1H3. The lowest BCUT2D eigenvalue weighted by Gasteiger charge is -2.08. The van der Waals surface area contributed by atoms with Gasteiger partial charge in [0.2, 0.25) is 0 Å². The molecule has 0 amide bonds. The quantitative estimate of drug-likeness (QED) is 0.767. The van der Waals surface area contributed by atoms with E-state index in [-0.39, 0.29) is 5.56 Å². The van der Waals surface area contributed by atoms with Gasteiger partial charge in [-0.3, -0.25) is 4.79 Å². The van der Waals surface area contributed by atoms with Crippen LogP contribution >= 0.6 is 0 Å². The Morgan fingerprint density at radius 3 is 2.83 bits per heavy atom. The SMILES string of the molecule is COCCn1cc(C=O)c2cccc(C(F)F)c21. The summed E-state index contributed by atoms with van der Waals surface area (Å²) < 4.78 is 32.5. The van der Waals surface area contributed by atoms with Gasteiger partial charge >= 0.3 is 0 Å². The molecule has 0 saturated carbocycles. The lowest BCUT2D eigenvalue weighted by Crippen LogP contribution is -2.04. The van der Waals surface area contributed by atoms with Crippen LogP contribution in [0.25, 0.3) is 10.9 Å². The van der Waals surface area contributed by atoms with Gasteiger partial charge in [0.15, 0.2) is 6.29 Å². The molecule has 5 heteroatoms. The number of halogens is 2. The first-order chi connectivity index (χ1) is 8.69. The molecule has 0 atom stereocenters. The molecule has 0 aliphatic carbocycles. The second-order valence-corrected chi connectivity index (χ2v) is 3.93. The van der Waals surface area contributed by atoms with Gasteiger partial charge < -0.3 is 9.30 Å². The van der Waals surface area contributed by atoms with E-state index >= 15 is 0 Å². The first-order valence-electron chi connectivity index (χ1n) is 5.53. The van der Waals surface area contributed by atoms with Gasteiger partial charge in [-0.15, -0.1) is 0 Å². The molecule has 3 nitrogen and oxygen atoms in total. The summed E-state index contributed by atoms with van der Waals surface area (Å²) in [7, 11) is 1.54. The minimum atomic E-state index is -2.57. The molecule has 0 fully saturated rings. The molecule has 2 rings (SSSR count). The summed E-state index contributed by atoms with van der Waals surface area (Å²) in [6.45, 7) is 0.838. The topological polar surface area (TPSA) is 31.2 Å². The Labute approximate surface area is 103 Å². The number of alkyl halides is 2. The van der Waals surface area contributed by atoms with Gasteiger partial charge in [0.1, 0.15) is 0 Å². The minimum absolute atomic E-state index is 0.0586. The maximum atomic E-state index is 13.0. The lowest BCUT2D eigenvalue weighted by atomic mass is 10.1. The molecule has 0 aliphatic rings. The zero-order chi connectivity index (χ0) is 13.1. The molecule has 0 radical (unpaired) electrons. The molecule has 1 aromatic heterocycles. The second-order valence-electron chi connectivity index (χ2n) is 3.93. The predicted molar refractivity (Wildman–Crippen MR) is 64.2 cm³/mol. The number of rotatable bonds is 5. The third kappa shape index (κ3) is 2.13. The fourth-order valence-electron chi connectivity index (χ4n) is 2.05. The van der Waals surface area contributed by atoms with Crippen LogP contribution in [0.5, 0.6) is 0 Å². The first kappa shape index (κ1) is 12.7. The Balaban J connectivity index is 2.65. The van der Waals surface area contributed by atoms with E-state index in [0.29, 0.717) is 35.9 Å². The Kier molecular flexibility index (Phi) is 3.72. The van der Waals surface area contributed by atoms with Crippen molar-refractivity contribution in [2.75, 3.05) is 13.7 Å². The summed E-state index contributed by atoms with van der Waals surface area (Å²) in [6.07, 6.45) is -0.298. The van der Waals surface area contributed by atoms with Crippen LogP contribution in [-0.4, -0.2) is 24.6 Å². The third-order valence-corrected chi connectivity index (χ3v) is 2.86. The van der Waals surface area contributed by atoms with E-state index in [9.17, 15) is 13.6 Å². The number of methoxy groups -OCH3 is 1. The highest BCUT2D eigenvalue weighted by Crippen LogP contribution is 2.30. The maximum absolute atomic E-state index is 13.0. The molecular weight excluding hydrogens is 240 g/mol. The Morgan fingerprint density at radius 1 is 1.44 bits per heavy atom. The first-order valence-corrected chi connectivity index (χ1v) is 5.53. The van der Waals surface area contributed by atoms with Gasteiger partial charge in [-0.05, 0) is 0 Å². The lowest BCUT2D eigenvalue weighted by molar-refractivity contribution is 0.112. The Morgan fingerprint density at radius 2 is 2.22 bits per heavy atom. The van der Waals surface area contributed by atoms with Crippen LogP contribution in [0.1, 0.15) is 22.3 Å². The van der Waals surface area contributed by atoms with Crippen LogP contribution in [0.2, 0.25) is 0 Å². The summed E-state index contributed by atoms with van der Waals surface area (Å²) in [4.78, 5) is 11.0. The smallest absolute Gasteiger partial charge is 0.265 e. The Bertz CT molecular complexity index is 563. The number of hydrogen-bond donors (Lipinski definition) is 0. The number of para-hydroxylation sites is 1. The summed E-state index contributed by atoms with van der Waals surface area (Å²) in [5, 5.41) is 0.555. The minimum Gasteiger partial charge on any atom is -0.383 e. The monoisotopic (exact) mass is 253 g/mol. The zero-order valence-electron chi connectivity index (χ0n) is 9.90. The van der Waals surface area contributed by atoms with Gasteiger partial charge in [-0.1, -0.05) is 18.2 Å². The van der Waals surface area contributed by atoms with Gasteiger partial charge in [0.25, 0.3) is 6.43 Å². The number of nitrogens with zero attached hydrogens (tertiary/aromatic N) is 1. The van der Waals surface area contributed by atoms with Crippen molar-refractivity contribution < 1.29 is 18.3 Å². The average molecular weight is 253 g/mol. The molecule has 0 aliphatic heterocycles. The second kappa shape index (κ2) is 5.27. The summed E-state index contributed by atoms with van der Waals surface area (Å²) >= 11 is 0. The zero-order valence-corrected chi connectivity index (χ0v) is 9.90. The van der Waals surface area contributed by atoms with Gasteiger partial charge in [0, 0.05) is 36.4 Å². The number of carbonyl (C=O) groups is 1. The number of ether oxygens (including phenoxy) is 1.